The van der Waals surface area contributed by atoms with Gasteiger partial charge in [-0.05, 0) is 18.1 Å². The highest BCUT2D eigenvalue weighted by Gasteiger charge is 2.31. The van der Waals surface area contributed by atoms with Crippen LogP contribution >= 0.6 is 0 Å². The molecule has 1 aromatic carbocycles. The molecule has 0 fully saturated rings. The van der Waals surface area contributed by atoms with Gasteiger partial charge in [0.25, 0.3) is 11.8 Å². The SMILES string of the molecule is CC(C)COc1cccc(F)c1NC1=CC(=O)N(CCO)C1=O. The Balaban J connectivity index is 2.21. The van der Waals surface area contributed by atoms with Gasteiger partial charge in [0.1, 0.15) is 23.0 Å². The Kier molecular flexibility index (Phi) is 5.33. The topological polar surface area (TPSA) is 78.9 Å². The molecule has 6 nitrogen and oxygen atoms in total. The molecule has 1 heterocycles. The highest BCUT2D eigenvalue weighted by atomic mass is 19.1. The van der Waals surface area contributed by atoms with Gasteiger partial charge >= 0.3 is 0 Å². The van der Waals surface area contributed by atoms with Crippen molar-refractivity contribution in [1.29, 1.82) is 0 Å². The van der Waals surface area contributed by atoms with Gasteiger partial charge in [0.05, 0.1) is 19.8 Å². The van der Waals surface area contributed by atoms with Crippen molar-refractivity contribution in [3.63, 3.8) is 0 Å². The minimum absolute atomic E-state index is 0.00592. The number of rotatable bonds is 7. The summed E-state index contributed by atoms with van der Waals surface area (Å²) in [4.78, 5) is 24.7. The molecule has 124 valence electrons. The molecule has 0 atom stereocenters. The molecule has 0 saturated carbocycles. The van der Waals surface area contributed by atoms with Crippen molar-refractivity contribution in [2.75, 3.05) is 25.1 Å². The van der Waals surface area contributed by atoms with Gasteiger partial charge in [-0.15, -0.1) is 0 Å². The van der Waals surface area contributed by atoms with Crippen molar-refractivity contribution in [3.8, 4) is 5.75 Å². The number of anilines is 1. The number of aliphatic hydroxyl groups is 1. The van der Waals surface area contributed by atoms with E-state index < -0.39 is 17.6 Å². The number of carbonyl (C=O) groups is 2. The fourth-order valence-corrected chi connectivity index (χ4v) is 2.05. The van der Waals surface area contributed by atoms with Crippen molar-refractivity contribution in [2.24, 2.45) is 5.92 Å². The molecule has 0 spiro atoms. The van der Waals surface area contributed by atoms with Crippen molar-refractivity contribution in [2.45, 2.75) is 13.8 Å². The fraction of sp³-hybridized carbons (Fsp3) is 0.375. The normalized spacial score (nSPS) is 14.5. The quantitative estimate of drug-likeness (QED) is 0.744. The molecule has 0 radical (unpaired) electrons. The first-order valence-corrected chi connectivity index (χ1v) is 7.30. The number of imide groups is 1. The average molecular weight is 322 g/mol. The lowest BCUT2D eigenvalue weighted by atomic mass is 10.2. The maximum atomic E-state index is 14.1. The Hall–Kier alpha value is -2.41. The molecular formula is C16H19FN2O4. The maximum absolute atomic E-state index is 14.1. The van der Waals surface area contributed by atoms with Gasteiger partial charge in [-0.1, -0.05) is 19.9 Å². The number of halogens is 1. The monoisotopic (exact) mass is 322 g/mol. The third-order valence-electron chi connectivity index (χ3n) is 3.14. The molecule has 2 amide bonds. The van der Waals surface area contributed by atoms with Gasteiger partial charge < -0.3 is 15.2 Å². The molecule has 0 aliphatic carbocycles. The number of amides is 2. The van der Waals surface area contributed by atoms with E-state index >= 15 is 0 Å². The number of nitrogens with zero attached hydrogens (tertiary/aromatic N) is 1. The van der Waals surface area contributed by atoms with E-state index in [0.717, 1.165) is 11.0 Å². The van der Waals surface area contributed by atoms with Crippen molar-refractivity contribution in [1.82, 2.24) is 4.90 Å². The van der Waals surface area contributed by atoms with Crippen LogP contribution in [-0.2, 0) is 9.59 Å². The highest BCUT2D eigenvalue weighted by molar-refractivity contribution is 6.17. The lowest BCUT2D eigenvalue weighted by molar-refractivity contribution is -0.137. The van der Waals surface area contributed by atoms with Crippen LogP contribution in [0, 0.1) is 11.7 Å². The van der Waals surface area contributed by atoms with Gasteiger partial charge in [0.15, 0.2) is 0 Å². The second kappa shape index (κ2) is 7.23. The summed E-state index contributed by atoms with van der Waals surface area (Å²) in [5.74, 6) is -1.23. The summed E-state index contributed by atoms with van der Waals surface area (Å²) in [5, 5.41) is 11.5. The minimum Gasteiger partial charge on any atom is -0.491 e. The van der Waals surface area contributed by atoms with E-state index in [1.165, 1.54) is 12.1 Å². The Morgan fingerprint density at radius 3 is 2.74 bits per heavy atom. The number of hydrogen-bond acceptors (Lipinski definition) is 5. The molecule has 1 aromatic rings. The third kappa shape index (κ3) is 3.87. The van der Waals surface area contributed by atoms with E-state index in [0.29, 0.717) is 6.61 Å². The summed E-state index contributed by atoms with van der Waals surface area (Å²) in [6, 6.07) is 4.32. The number of benzene rings is 1. The van der Waals surface area contributed by atoms with Gasteiger partial charge in [-0.25, -0.2) is 4.39 Å². The van der Waals surface area contributed by atoms with Crippen LogP contribution in [0.1, 0.15) is 13.8 Å². The van der Waals surface area contributed by atoms with Crippen LogP contribution < -0.4 is 10.1 Å². The Bertz CT molecular complexity index is 643. The number of para-hydroxylation sites is 1. The van der Waals surface area contributed by atoms with Gasteiger partial charge in [-0.3, -0.25) is 14.5 Å². The van der Waals surface area contributed by atoms with Crippen molar-refractivity contribution >= 4 is 17.5 Å². The van der Waals surface area contributed by atoms with E-state index in [9.17, 15) is 14.0 Å². The highest BCUT2D eigenvalue weighted by Crippen LogP contribution is 2.30. The predicted octanol–water partition coefficient (Wildman–Crippen LogP) is 1.52. The molecule has 0 bridgehead atoms. The Morgan fingerprint density at radius 2 is 2.09 bits per heavy atom. The molecule has 23 heavy (non-hydrogen) atoms. The molecule has 1 aliphatic rings. The second-order valence-corrected chi connectivity index (χ2v) is 5.52. The van der Waals surface area contributed by atoms with Gasteiger partial charge in [-0.2, -0.15) is 0 Å². The molecule has 1 aliphatic heterocycles. The minimum atomic E-state index is -0.609. The smallest absolute Gasteiger partial charge is 0.277 e. The van der Waals surface area contributed by atoms with E-state index in [4.69, 9.17) is 9.84 Å². The molecule has 0 saturated heterocycles. The first-order chi connectivity index (χ1) is 10.9. The number of β-amino-alcohol motifs (C(OH)–C–C–N with tert-alkyl or cyclic N) is 1. The number of ether oxygens (including phenoxy) is 1. The van der Waals surface area contributed by atoms with Gasteiger partial charge in [0.2, 0.25) is 0 Å². The summed E-state index contributed by atoms with van der Waals surface area (Å²) in [5.41, 5.74) is -0.0469. The standard InChI is InChI=1S/C16H19FN2O4/c1-10(2)9-23-13-5-3-4-11(17)15(13)18-12-8-14(21)19(6-7-20)16(12)22/h3-5,8,10,18,20H,6-7,9H2,1-2H3. The van der Waals surface area contributed by atoms with Crippen LogP contribution in [0.5, 0.6) is 5.75 Å². The maximum Gasteiger partial charge on any atom is 0.277 e. The first kappa shape index (κ1) is 17.0. The predicted molar refractivity (Wildman–Crippen MR) is 82.2 cm³/mol. The molecular weight excluding hydrogens is 303 g/mol. The number of nitrogens with one attached hydrogen (secondary N) is 1. The zero-order valence-corrected chi connectivity index (χ0v) is 13.0. The van der Waals surface area contributed by atoms with Crippen LogP contribution in [0.25, 0.3) is 0 Å². The lowest BCUT2D eigenvalue weighted by Gasteiger charge is -2.16. The molecule has 2 rings (SSSR count). The van der Waals surface area contributed by atoms with Crippen LogP contribution in [0.3, 0.4) is 0 Å². The Morgan fingerprint density at radius 1 is 1.35 bits per heavy atom. The number of carbonyl (C=O) groups excluding carboxylic acids is 2. The number of hydrogen-bond donors (Lipinski definition) is 2. The number of aliphatic hydroxyl groups excluding tert-OH is 1. The van der Waals surface area contributed by atoms with Crippen LogP contribution in [0.2, 0.25) is 0 Å². The van der Waals surface area contributed by atoms with Crippen molar-refractivity contribution in [3.05, 3.63) is 35.8 Å². The summed E-state index contributed by atoms with van der Waals surface area (Å²) in [7, 11) is 0. The van der Waals surface area contributed by atoms with E-state index in [-0.39, 0.29) is 36.2 Å². The van der Waals surface area contributed by atoms with Gasteiger partial charge in [0, 0.05) is 6.08 Å². The van der Waals surface area contributed by atoms with Crippen LogP contribution in [0.15, 0.2) is 30.0 Å². The second-order valence-electron chi connectivity index (χ2n) is 5.52. The zero-order chi connectivity index (χ0) is 17.0. The summed E-state index contributed by atoms with van der Waals surface area (Å²) in [6.07, 6.45) is 1.08. The van der Waals surface area contributed by atoms with Crippen LogP contribution in [0.4, 0.5) is 10.1 Å². The zero-order valence-electron chi connectivity index (χ0n) is 13.0. The summed E-state index contributed by atoms with van der Waals surface area (Å²) < 4.78 is 19.6. The Labute approximate surface area is 133 Å². The largest absolute Gasteiger partial charge is 0.491 e. The molecule has 0 unspecified atom stereocenters. The van der Waals surface area contributed by atoms with Crippen molar-refractivity contribution < 1.29 is 23.8 Å². The molecule has 7 heteroatoms. The third-order valence-corrected chi connectivity index (χ3v) is 3.14. The molecule has 2 N–H and O–H groups in total. The summed E-state index contributed by atoms with van der Waals surface area (Å²) >= 11 is 0. The van der Waals surface area contributed by atoms with E-state index in [1.54, 1.807) is 6.07 Å². The van der Waals surface area contributed by atoms with E-state index in [1.807, 2.05) is 13.8 Å². The fourth-order valence-electron chi connectivity index (χ4n) is 2.05. The molecule has 0 aromatic heterocycles. The lowest BCUT2D eigenvalue weighted by Crippen LogP contribution is -2.34. The average Bonchev–Trinajstić information content (AvgIpc) is 2.76. The van der Waals surface area contributed by atoms with E-state index in [2.05, 4.69) is 5.32 Å². The summed E-state index contributed by atoms with van der Waals surface area (Å²) in [6.45, 7) is 3.87. The first-order valence-electron chi connectivity index (χ1n) is 7.30. The van der Waals surface area contributed by atoms with Crippen LogP contribution in [-0.4, -0.2) is 41.6 Å².